The molecule has 1 unspecified atom stereocenters. The molecule has 138 valence electrons. The van der Waals surface area contributed by atoms with Crippen molar-refractivity contribution in [2.45, 2.75) is 30.1 Å². The van der Waals surface area contributed by atoms with Gasteiger partial charge >= 0.3 is 0 Å². The Morgan fingerprint density at radius 1 is 1.33 bits per heavy atom. The Balaban J connectivity index is 0.00000208. The van der Waals surface area contributed by atoms with E-state index < -0.39 is 0 Å². The average Bonchev–Trinajstić information content (AvgIpc) is 3.28. The Kier molecular flexibility index (Phi) is 8.16. The largest absolute Gasteiger partial charge is 0.381 e. The molecule has 5 nitrogen and oxygen atoms in total. The Morgan fingerprint density at radius 2 is 2.04 bits per heavy atom. The summed E-state index contributed by atoms with van der Waals surface area (Å²) in [6.07, 6.45) is 10.3. The number of nitrogens with one attached hydrogen (secondary N) is 1. The van der Waals surface area contributed by atoms with Crippen LogP contribution in [0.15, 0.2) is 17.1 Å². The predicted octanol–water partition coefficient (Wildman–Crippen LogP) is 2.04. The first-order valence-corrected chi connectivity index (χ1v) is 9.96. The zero-order valence-electron chi connectivity index (χ0n) is 14.9. The van der Waals surface area contributed by atoms with Gasteiger partial charge in [-0.15, -0.1) is 24.0 Å². The standard InChI is InChI=1S/C17H30N4OS.HI/c1-18-16(19-14-17(23-2)6-11-22-12-7-17)21-10-5-15(13-21)20-8-3-4-9-20;/h3-4,15H,5-14H2,1-2H3,(H,18,19);1H. The third-order valence-electron chi connectivity index (χ3n) is 5.44. The molecular weight excluding hydrogens is 435 g/mol. The van der Waals surface area contributed by atoms with Crippen molar-refractivity contribution >= 4 is 41.7 Å². The second-order valence-corrected chi connectivity index (χ2v) is 7.99. The van der Waals surface area contributed by atoms with Gasteiger partial charge in [0.05, 0.1) is 0 Å². The minimum Gasteiger partial charge on any atom is -0.381 e. The molecule has 2 fully saturated rings. The highest BCUT2D eigenvalue weighted by atomic mass is 127. The number of likely N-dealkylation sites (tertiary alicyclic amines) is 1. The van der Waals surface area contributed by atoms with Gasteiger partial charge in [-0.1, -0.05) is 12.2 Å². The summed E-state index contributed by atoms with van der Waals surface area (Å²) in [5.74, 6) is 1.07. The van der Waals surface area contributed by atoms with Crippen molar-refractivity contribution in [3.63, 3.8) is 0 Å². The first-order valence-electron chi connectivity index (χ1n) is 8.74. The van der Waals surface area contributed by atoms with E-state index in [4.69, 9.17) is 4.74 Å². The molecule has 1 N–H and O–H groups in total. The highest BCUT2D eigenvalue weighted by Crippen LogP contribution is 2.33. The number of guanidine groups is 1. The van der Waals surface area contributed by atoms with Crippen molar-refractivity contribution in [1.29, 1.82) is 0 Å². The fourth-order valence-corrected chi connectivity index (χ4v) is 4.59. The van der Waals surface area contributed by atoms with Crippen molar-refractivity contribution in [2.24, 2.45) is 4.99 Å². The van der Waals surface area contributed by atoms with E-state index in [9.17, 15) is 0 Å². The average molecular weight is 466 g/mol. The lowest BCUT2D eigenvalue weighted by molar-refractivity contribution is 0.0781. The second-order valence-electron chi connectivity index (χ2n) is 6.71. The lowest BCUT2D eigenvalue weighted by Gasteiger charge is -2.37. The maximum atomic E-state index is 5.54. The summed E-state index contributed by atoms with van der Waals surface area (Å²) in [5.41, 5.74) is 0. The van der Waals surface area contributed by atoms with Gasteiger partial charge in [-0.3, -0.25) is 9.89 Å². The molecule has 3 rings (SSSR count). The first-order chi connectivity index (χ1) is 11.3. The minimum absolute atomic E-state index is 0. The van der Waals surface area contributed by atoms with E-state index in [0.717, 1.165) is 64.7 Å². The van der Waals surface area contributed by atoms with Crippen LogP contribution in [0.4, 0.5) is 0 Å². The minimum atomic E-state index is 0. The summed E-state index contributed by atoms with van der Waals surface area (Å²) in [6, 6.07) is 0.668. The van der Waals surface area contributed by atoms with Crippen LogP contribution < -0.4 is 5.32 Å². The van der Waals surface area contributed by atoms with Crippen LogP contribution in [0.5, 0.6) is 0 Å². The Hall–Kier alpha value is 0.01000. The van der Waals surface area contributed by atoms with Crippen LogP contribution >= 0.6 is 35.7 Å². The SMILES string of the molecule is CN=C(NCC1(SC)CCOCC1)N1CCC(N2CC=CC2)C1.I. The molecule has 2 saturated heterocycles. The fraction of sp³-hybridized carbons (Fsp3) is 0.824. The summed E-state index contributed by atoms with van der Waals surface area (Å²) < 4.78 is 5.84. The van der Waals surface area contributed by atoms with E-state index in [1.54, 1.807) is 0 Å². The van der Waals surface area contributed by atoms with Crippen LogP contribution in [0.2, 0.25) is 0 Å². The van der Waals surface area contributed by atoms with Gasteiger partial charge in [-0.05, 0) is 25.5 Å². The Labute approximate surface area is 167 Å². The van der Waals surface area contributed by atoms with Gasteiger partial charge < -0.3 is 15.0 Å². The van der Waals surface area contributed by atoms with Gasteiger partial charge in [-0.2, -0.15) is 11.8 Å². The maximum Gasteiger partial charge on any atom is 0.193 e. The van der Waals surface area contributed by atoms with Gasteiger partial charge in [0.2, 0.25) is 0 Å². The van der Waals surface area contributed by atoms with Crippen LogP contribution in [0.1, 0.15) is 19.3 Å². The van der Waals surface area contributed by atoms with Crippen LogP contribution in [0, 0.1) is 0 Å². The van der Waals surface area contributed by atoms with Gasteiger partial charge in [0.15, 0.2) is 5.96 Å². The Bertz CT molecular complexity index is 446. The van der Waals surface area contributed by atoms with Crippen molar-refractivity contribution in [3.05, 3.63) is 12.2 Å². The fourth-order valence-electron chi connectivity index (χ4n) is 3.79. The zero-order chi connectivity index (χ0) is 16.1. The van der Waals surface area contributed by atoms with Crippen molar-refractivity contribution in [3.8, 4) is 0 Å². The second kappa shape index (κ2) is 9.64. The lowest BCUT2D eigenvalue weighted by Crippen LogP contribution is -2.49. The summed E-state index contributed by atoms with van der Waals surface area (Å²) >= 11 is 1.98. The molecule has 3 aliphatic rings. The van der Waals surface area contributed by atoms with E-state index in [2.05, 4.69) is 38.5 Å². The van der Waals surface area contributed by atoms with Gasteiger partial charge in [-0.25, -0.2) is 0 Å². The molecule has 0 spiro atoms. The van der Waals surface area contributed by atoms with E-state index in [1.165, 1.54) is 6.42 Å². The third-order valence-corrected chi connectivity index (χ3v) is 6.86. The highest BCUT2D eigenvalue weighted by Gasteiger charge is 2.34. The molecule has 3 aliphatic heterocycles. The normalized spacial score (nSPS) is 27.3. The summed E-state index contributed by atoms with van der Waals surface area (Å²) in [7, 11) is 1.91. The summed E-state index contributed by atoms with van der Waals surface area (Å²) in [5, 5.41) is 3.65. The topological polar surface area (TPSA) is 40.1 Å². The van der Waals surface area contributed by atoms with Crippen molar-refractivity contribution in [1.82, 2.24) is 15.1 Å². The molecule has 0 aromatic heterocycles. The molecule has 7 heteroatoms. The predicted molar refractivity (Wildman–Crippen MR) is 114 cm³/mol. The highest BCUT2D eigenvalue weighted by molar-refractivity contribution is 14.0. The van der Waals surface area contributed by atoms with Crippen LogP contribution in [-0.4, -0.2) is 85.8 Å². The molecular formula is C17H31IN4OS. The maximum absolute atomic E-state index is 5.54. The Morgan fingerprint density at radius 3 is 2.67 bits per heavy atom. The van der Waals surface area contributed by atoms with Gasteiger partial charge in [0.1, 0.15) is 0 Å². The summed E-state index contributed by atoms with van der Waals surface area (Å²) in [6.45, 7) is 7.17. The van der Waals surface area contributed by atoms with Crippen molar-refractivity contribution in [2.75, 3.05) is 59.2 Å². The summed E-state index contributed by atoms with van der Waals surface area (Å²) in [4.78, 5) is 9.53. The third kappa shape index (κ3) is 4.80. The molecule has 0 aromatic carbocycles. The number of nitrogens with zero attached hydrogens (tertiary/aromatic N) is 3. The molecule has 0 aromatic rings. The molecule has 0 aliphatic carbocycles. The molecule has 0 bridgehead atoms. The van der Waals surface area contributed by atoms with Gasteiger partial charge in [0.25, 0.3) is 0 Å². The molecule has 24 heavy (non-hydrogen) atoms. The van der Waals surface area contributed by atoms with E-state index in [0.29, 0.717) is 10.8 Å². The monoisotopic (exact) mass is 466 g/mol. The van der Waals surface area contributed by atoms with E-state index in [-0.39, 0.29) is 24.0 Å². The molecule has 3 heterocycles. The number of halogens is 1. The van der Waals surface area contributed by atoms with Crippen LogP contribution in [0.25, 0.3) is 0 Å². The number of thioether (sulfide) groups is 1. The quantitative estimate of drug-likeness (QED) is 0.297. The van der Waals surface area contributed by atoms with Crippen molar-refractivity contribution < 1.29 is 4.74 Å². The molecule has 0 amide bonds. The van der Waals surface area contributed by atoms with Crippen LogP contribution in [-0.2, 0) is 4.74 Å². The lowest BCUT2D eigenvalue weighted by atomic mass is 9.99. The molecule has 0 radical (unpaired) electrons. The zero-order valence-corrected chi connectivity index (χ0v) is 18.0. The number of hydrogen-bond donors (Lipinski definition) is 1. The molecule has 0 saturated carbocycles. The number of aliphatic imine (C=N–C) groups is 1. The van der Waals surface area contributed by atoms with Crippen LogP contribution in [0.3, 0.4) is 0 Å². The first kappa shape index (κ1) is 20.3. The van der Waals surface area contributed by atoms with E-state index in [1.807, 2.05) is 18.8 Å². The molecule has 1 atom stereocenters. The number of rotatable bonds is 4. The number of hydrogen-bond acceptors (Lipinski definition) is 4. The smallest absolute Gasteiger partial charge is 0.193 e. The number of ether oxygens (including phenoxy) is 1. The van der Waals surface area contributed by atoms with Gasteiger partial charge in [0, 0.05) is 63.8 Å². The van der Waals surface area contributed by atoms with E-state index >= 15 is 0 Å².